The predicted molar refractivity (Wildman–Crippen MR) is 123 cm³/mol. The van der Waals surface area contributed by atoms with Crippen molar-refractivity contribution in [1.82, 2.24) is 9.55 Å². The summed E-state index contributed by atoms with van der Waals surface area (Å²) in [5, 5.41) is 7.10. The van der Waals surface area contributed by atoms with Crippen LogP contribution in [0.2, 0.25) is 0 Å². The molecule has 1 aliphatic heterocycles. The molecule has 2 unspecified atom stereocenters. The maximum Gasteiger partial charge on any atom is 0.356 e. The minimum Gasteiger partial charge on any atom is -0.464 e. The van der Waals surface area contributed by atoms with Gasteiger partial charge in [-0.2, -0.15) is 0 Å². The Kier molecular flexibility index (Phi) is 7.40. The van der Waals surface area contributed by atoms with Crippen LogP contribution in [0.3, 0.4) is 0 Å². The van der Waals surface area contributed by atoms with E-state index in [1.165, 1.54) is 7.11 Å². The maximum atomic E-state index is 12.9. The fraction of sp³-hybridized carbons (Fsp3) is 0.609. The summed E-state index contributed by atoms with van der Waals surface area (Å²) < 4.78 is 17.7. The first-order valence-electron chi connectivity index (χ1n) is 11.0. The highest BCUT2D eigenvalue weighted by Gasteiger charge is 2.29. The van der Waals surface area contributed by atoms with E-state index in [-0.39, 0.29) is 29.2 Å². The number of hydrogen-bond donors (Lipinski definition) is 2. The third-order valence-corrected chi connectivity index (χ3v) is 5.91. The fourth-order valence-corrected chi connectivity index (χ4v) is 4.17. The maximum absolute atomic E-state index is 12.9. The van der Waals surface area contributed by atoms with Crippen LogP contribution in [-0.4, -0.2) is 60.5 Å². The van der Waals surface area contributed by atoms with Crippen molar-refractivity contribution in [3.05, 3.63) is 18.0 Å². The zero-order chi connectivity index (χ0) is 23.5. The van der Waals surface area contributed by atoms with E-state index in [0.717, 1.165) is 12.1 Å². The fourth-order valence-electron chi connectivity index (χ4n) is 4.17. The zero-order valence-corrected chi connectivity index (χ0v) is 19.8. The first-order chi connectivity index (χ1) is 15.2. The lowest BCUT2D eigenvalue weighted by Gasteiger charge is -2.27. The number of carbonyl (C=O) groups excluding carboxylic acids is 2. The number of nitrogens with one attached hydrogen (secondary N) is 2. The van der Waals surface area contributed by atoms with Crippen LogP contribution < -0.4 is 10.6 Å². The average molecular weight is 447 g/mol. The van der Waals surface area contributed by atoms with Gasteiger partial charge in [0.05, 0.1) is 42.8 Å². The molecule has 9 heteroatoms. The molecule has 9 nitrogen and oxygen atoms in total. The first kappa shape index (κ1) is 24.0. The van der Waals surface area contributed by atoms with Crippen LogP contribution in [0.1, 0.15) is 51.0 Å². The Morgan fingerprint density at radius 1 is 1.38 bits per heavy atom. The molecule has 1 aliphatic rings. The third kappa shape index (κ3) is 5.05. The van der Waals surface area contributed by atoms with Crippen molar-refractivity contribution >= 4 is 34.3 Å². The highest BCUT2D eigenvalue weighted by atomic mass is 16.5. The van der Waals surface area contributed by atoms with Crippen LogP contribution in [0.25, 0.3) is 11.0 Å². The number of aromatic nitrogens is 2. The van der Waals surface area contributed by atoms with Crippen molar-refractivity contribution < 1.29 is 23.8 Å². The van der Waals surface area contributed by atoms with Crippen LogP contribution in [-0.2, 0) is 25.5 Å². The quantitative estimate of drug-likeness (QED) is 0.569. The summed E-state index contributed by atoms with van der Waals surface area (Å²) in [6.07, 6.45) is 3.18. The summed E-state index contributed by atoms with van der Waals surface area (Å²) in [5.41, 5.74) is 1.85. The topological polar surface area (TPSA) is 104 Å². The van der Waals surface area contributed by atoms with Crippen molar-refractivity contribution in [3.8, 4) is 0 Å². The van der Waals surface area contributed by atoms with Crippen molar-refractivity contribution in [2.24, 2.45) is 5.92 Å². The van der Waals surface area contributed by atoms with Gasteiger partial charge in [-0.15, -0.1) is 0 Å². The number of anilines is 2. The van der Waals surface area contributed by atoms with Gasteiger partial charge in [0.1, 0.15) is 5.65 Å². The molecule has 32 heavy (non-hydrogen) atoms. The van der Waals surface area contributed by atoms with Crippen LogP contribution in [0, 0.1) is 5.92 Å². The van der Waals surface area contributed by atoms with Gasteiger partial charge >= 0.3 is 5.97 Å². The highest BCUT2D eigenvalue weighted by molar-refractivity contribution is 6.11. The molecule has 1 saturated heterocycles. The number of aryl methyl sites for hydroxylation is 1. The van der Waals surface area contributed by atoms with E-state index in [1.807, 2.05) is 26.8 Å². The van der Waals surface area contributed by atoms with Crippen molar-refractivity contribution in [3.63, 3.8) is 0 Å². The minimum atomic E-state index is -0.521. The van der Waals surface area contributed by atoms with Gasteiger partial charge in [0.15, 0.2) is 5.69 Å². The SMILES string of the molecule is CCn1c(C(=O)OC)c(NC(=O)C2CCOC2)c2cc(NC(C)CC(C)(C)OC)cnc21. The standard InChI is InChI=1S/C23H34N4O5/c1-7-27-19(22(29)30-5)18(26-21(28)15-8-9-32-13-15)17-10-16(12-24-20(17)27)25-14(2)11-23(3,4)31-6/h10,12,14-15,25H,7-9,11,13H2,1-6H3,(H,26,28). The number of amides is 1. The Morgan fingerprint density at radius 2 is 2.12 bits per heavy atom. The molecule has 0 aliphatic carbocycles. The minimum absolute atomic E-state index is 0.117. The molecular weight excluding hydrogens is 412 g/mol. The lowest BCUT2D eigenvalue weighted by molar-refractivity contribution is -0.119. The second-order valence-electron chi connectivity index (χ2n) is 8.82. The average Bonchev–Trinajstić information content (AvgIpc) is 3.39. The molecule has 2 atom stereocenters. The van der Waals surface area contributed by atoms with Crippen LogP contribution in [0.5, 0.6) is 0 Å². The van der Waals surface area contributed by atoms with Gasteiger partial charge in [-0.3, -0.25) is 4.79 Å². The van der Waals surface area contributed by atoms with Crippen LogP contribution in [0.4, 0.5) is 11.4 Å². The Bertz CT molecular complexity index is 978. The van der Waals surface area contributed by atoms with Crippen molar-refractivity contribution in [2.75, 3.05) is 38.1 Å². The van der Waals surface area contributed by atoms with E-state index in [0.29, 0.717) is 42.9 Å². The van der Waals surface area contributed by atoms with E-state index < -0.39 is 5.97 Å². The van der Waals surface area contributed by atoms with Gasteiger partial charge in [-0.05, 0) is 46.6 Å². The Hall–Kier alpha value is -2.65. The summed E-state index contributed by atoms with van der Waals surface area (Å²) in [7, 11) is 3.03. The highest BCUT2D eigenvalue weighted by Crippen LogP contribution is 2.33. The molecule has 0 aromatic carbocycles. The monoisotopic (exact) mass is 446 g/mol. The largest absolute Gasteiger partial charge is 0.464 e. The number of rotatable bonds is 9. The van der Waals surface area contributed by atoms with Gasteiger partial charge in [0.2, 0.25) is 5.91 Å². The van der Waals surface area contributed by atoms with Gasteiger partial charge in [0.25, 0.3) is 0 Å². The van der Waals surface area contributed by atoms with E-state index in [4.69, 9.17) is 14.2 Å². The first-order valence-corrected chi connectivity index (χ1v) is 11.0. The molecule has 1 amide bonds. The van der Waals surface area contributed by atoms with Crippen LogP contribution >= 0.6 is 0 Å². The van der Waals surface area contributed by atoms with E-state index >= 15 is 0 Å². The molecule has 3 rings (SSSR count). The molecule has 176 valence electrons. The lowest BCUT2D eigenvalue weighted by Crippen LogP contribution is -2.31. The Balaban J connectivity index is 2.01. The lowest BCUT2D eigenvalue weighted by atomic mass is 10.00. The van der Waals surface area contributed by atoms with Gasteiger partial charge in [-0.25, -0.2) is 9.78 Å². The van der Waals surface area contributed by atoms with Gasteiger partial charge < -0.3 is 29.4 Å². The Labute approximate surface area is 188 Å². The number of methoxy groups -OCH3 is 2. The molecule has 0 saturated carbocycles. The van der Waals surface area contributed by atoms with Crippen LogP contribution in [0.15, 0.2) is 12.3 Å². The summed E-state index contributed by atoms with van der Waals surface area (Å²) >= 11 is 0. The zero-order valence-electron chi connectivity index (χ0n) is 19.8. The normalized spacial score (nSPS) is 17.4. The van der Waals surface area contributed by atoms with E-state index in [9.17, 15) is 9.59 Å². The molecule has 0 bridgehead atoms. The van der Waals surface area contributed by atoms with Gasteiger partial charge in [-0.1, -0.05) is 0 Å². The number of ether oxygens (including phenoxy) is 3. The predicted octanol–water partition coefficient (Wildman–Crippen LogP) is 3.43. The molecule has 2 aromatic rings. The summed E-state index contributed by atoms with van der Waals surface area (Å²) in [6.45, 7) is 9.51. The van der Waals surface area contributed by atoms with Crippen molar-refractivity contribution in [1.29, 1.82) is 0 Å². The molecule has 2 aromatic heterocycles. The van der Waals surface area contributed by atoms with E-state index in [1.54, 1.807) is 17.9 Å². The second-order valence-corrected chi connectivity index (χ2v) is 8.82. The smallest absolute Gasteiger partial charge is 0.356 e. The molecule has 0 radical (unpaired) electrons. The molecule has 2 N–H and O–H groups in total. The Morgan fingerprint density at radius 3 is 2.72 bits per heavy atom. The number of esters is 1. The third-order valence-electron chi connectivity index (χ3n) is 5.91. The second kappa shape index (κ2) is 9.87. The number of hydrogen-bond acceptors (Lipinski definition) is 7. The molecule has 3 heterocycles. The molecule has 0 spiro atoms. The number of nitrogens with zero attached hydrogens (tertiary/aromatic N) is 2. The summed E-state index contributed by atoms with van der Waals surface area (Å²) in [6, 6.07) is 2.03. The number of pyridine rings is 1. The molecule has 1 fully saturated rings. The van der Waals surface area contributed by atoms with Gasteiger partial charge in [0, 0.05) is 31.7 Å². The van der Waals surface area contributed by atoms with E-state index in [2.05, 4.69) is 22.5 Å². The number of carbonyl (C=O) groups is 2. The summed E-state index contributed by atoms with van der Waals surface area (Å²) in [5.74, 6) is -0.935. The molecular formula is C23H34N4O5. The number of fused-ring (bicyclic) bond motifs is 1. The van der Waals surface area contributed by atoms with Crippen molar-refractivity contribution in [2.45, 2.75) is 58.7 Å². The summed E-state index contributed by atoms with van der Waals surface area (Å²) in [4.78, 5) is 30.1.